The first kappa shape index (κ1) is 16.8. The maximum absolute atomic E-state index is 11.9. The summed E-state index contributed by atoms with van der Waals surface area (Å²) < 4.78 is 5.59. The van der Waals surface area contributed by atoms with E-state index in [1.807, 2.05) is 38.2 Å². The zero-order valence-electron chi connectivity index (χ0n) is 12.4. The van der Waals surface area contributed by atoms with Crippen molar-refractivity contribution in [3.8, 4) is 5.75 Å². The molecule has 0 saturated carbocycles. The van der Waals surface area contributed by atoms with Gasteiger partial charge in [0.15, 0.2) is 0 Å². The number of rotatable bonds is 9. The third-order valence-electron chi connectivity index (χ3n) is 3.13. The summed E-state index contributed by atoms with van der Waals surface area (Å²) in [5.41, 5.74) is 1.16. The number of nitrogens with zero attached hydrogens (tertiary/aromatic N) is 1. The first-order chi connectivity index (χ1) is 9.63. The molecule has 0 aliphatic rings. The summed E-state index contributed by atoms with van der Waals surface area (Å²) >= 11 is 5.62. The lowest BCUT2D eigenvalue weighted by molar-refractivity contribution is -0.130. The van der Waals surface area contributed by atoms with Crippen LogP contribution in [0.25, 0.3) is 0 Å². The van der Waals surface area contributed by atoms with Gasteiger partial charge < -0.3 is 9.64 Å². The number of benzene rings is 1. The van der Waals surface area contributed by atoms with Crippen LogP contribution >= 0.6 is 11.6 Å². The molecule has 0 aliphatic heterocycles. The van der Waals surface area contributed by atoms with E-state index in [0.717, 1.165) is 37.1 Å². The van der Waals surface area contributed by atoms with Crippen LogP contribution in [0.1, 0.15) is 31.2 Å². The van der Waals surface area contributed by atoms with Crippen LogP contribution in [0.2, 0.25) is 0 Å². The van der Waals surface area contributed by atoms with Gasteiger partial charge in [0.1, 0.15) is 5.75 Å². The molecule has 20 heavy (non-hydrogen) atoms. The zero-order chi connectivity index (χ0) is 14.8. The predicted octanol–water partition coefficient (Wildman–Crippen LogP) is 3.63. The van der Waals surface area contributed by atoms with E-state index < -0.39 is 0 Å². The van der Waals surface area contributed by atoms with E-state index in [0.29, 0.717) is 18.9 Å². The van der Waals surface area contributed by atoms with Crippen LogP contribution in [-0.4, -0.2) is 36.9 Å². The second kappa shape index (κ2) is 9.65. The van der Waals surface area contributed by atoms with Crippen molar-refractivity contribution in [3.63, 3.8) is 0 Å². The number of amides is 1. The lowest BCUT2D eigenvalue weighted by atomic mass is 10.2. The Kier molecular flexibility index (Phi) is 8.12. The van der Waals surface area contributed by atoms with E-state index in [9.17, 15) is 4.79 Å². The molecule has 1 aromatic rings. The van der Waals surface area contributed by atoms with Gasteiger partial charge in [-0.05, 0) is 37.5 Å². The first-order valence-electron chi connectivity index (χ1n) is 7.13. The summed E-state index contributed by atoms with van der Waals surface area (Å²) in [5.74, 6) is 1.65. The number of unbranched alkanes of at least 4 members (excludes halogenated alkanes) is 2. The predicted molar refractivity (Wildman–Crippen MR) is 83.5 cm³/mol. The molecule has 1 aromatic carbocycles. The fraction of sp³-hybridized carbons (Fsp3) is 0.562. The van der Waals surface area contributed by atoms with Crippen molar-refractivity contribution < 1.29 is 9.53 Å². The minimum Gasteiger partial charge on any atom is -0.493 e. The Morgan fingerprint density at radius 3 is 2.80 bits per heavy atom. The Hall–Kier alpha value is -1.22. The molecule has 0 fully saturated rings. The second-order valence-corrected chi connectivity index (χ2v) is 5.36. The Bertz CT molecular complexity index is 409. The number of halogens is 1. The molecule has 3 nitrogen and oxygen atoms in total. The number of ether oxygens (including phenoxy) is 1. The zero-order valence-corrected chi connectivity index (χ0v) is 13.2. The summed E-state index contributed by atoms with van der Waals surface area (Å²) in [5, 5.41) is 0. The van der Waals surface area contributed by atoms with E-state index in [2.05, 4.69) is 0 Å². The summed E-state index contributed by atoms with van der Waals surface area (Å²) in [4.78, 5) is 13.7. The van der Waals surface area contributed by atoms with Gasteiger partial charge in [-0.15, -0.1) is 11.6 Å². The molecule has 1 amide bonds. The minimum absolute atomic E-state index is 0.128. The topological polar surface area (TPSA) is 29.5 Å². The minimum atomic E-state index is 0.128. The number of hydrogen-bond donors (Lipinski definition) is 0. The van der Waals surface area contributed by atoms with Crippen LogP contribution in [-0.2, 0) is 4.79 Å². The van der Waals surface area contributed by atoms with Crippen molar-refractivity contribution in [2.75, 3.05) is 26.1 Å². The molecule has 0 N–H and O–H groups in total. The molecular formula is C16H24ClNO2. The summed E-state index contributed by atoms with van der Waals surface area (Å²) in [6, 6.07) is 7.86. The molecular weight excluding hydrogens is 274 g/mol. The highest BCUT2D eigenvalue weighted by atomic mass is 35.5. The smallest absolute Gasteiger partial charge is 0.225 e. The molecule has 0 heterocycles. The van der Waals surface area contributed by atoms with Gasteiger partial charge in [0.25, 0.3) is 0 Å². The van der Waals surface area contributed by atoms with E-state index in [1.54, 1.807) is 4.90 Å². The number of alkyl halides is 1. The van der Waals surface area contributed by atoms with E-state index >= 15 is 0 Å². The molecule has 0 spiro atoms. The number of hydrogen-bond acceptors (Lipinski definition) is 2. The van der Waals surface area contributed by atoms with E-state index in [4.69, 9.17) is 16.3 Å². The largest absolute Gasteiger partial charge is 0.493 e. The van der Waals surface area contributed by atoms with Crippen molar-refractivity contribution >= 4 is 17.5 Å². The molecule has 0 saturated heterocycles. The van der Waals surface area contributed by atoms with Gasteiger partial charge in [-0.1, -0.05) is 18.6 Å². The van der Waals surface area contributed by atoms with Crippen LogP contribution < -0.4 is 4.74 Å². The number of carbonyl (C=O) groups is 1. The molecule has 112 valence electrons. The van der Waals surface area contributed by atoms with Gasteiger partial charge in [0, 0.05) is 19.5 Å². The molecule has 0 bridgehead atoms. The van der Waals surface area contributed by atoms with Gasteiger partial charge in [-0.25, -0.2) is 0 Å². The molecule has 0 atom stereocenters. The van der Waals surface area contributed by atoms with Crippen LogP contribution in [0.15, 0.2) is 24.3 Å². The highest BCUT2D eigenvalue weighted by molar-refractivity contribution is 6.17. The lowest BCUT2D eigenvalue weighted by Crippen LogP contribution is -2.28. The van der Waals surface area contributed by atoms with Crippen molar-refractivity contribution in [3.05, 3.63) is 29.8 Å². The average molecular weight is 298 g/mol. The Morgan fingerprint density at radius 1 is 1.30 bits per heavy atom. The molecule has 0 aliphatic carbocycles. The number of aryl methyl sites for hydroxylation is 1. The van der Waals surface area contributed by atoms with Gasteiger partial charge in [0.2, 0.25) is 5.91 Å². The Balaban J connectivity index is 2.19. The van der Waals surface area contributed by atoms with Crippen molar-refractivity contribution in [1.82, 2.24) is 4.90 Å². The molecule has 1 rings (SSSR count). The third-order valence-corrected chi connectivity index (χ3v) is 3.39. The third kappa shape index (κ3) is 6.80. The fourth-order valence-electron chi connectivity index (χ4n) is 1.90. The maximum atomic E-state index is 11.9. The van der Waals surface area contributed by atoms with Gasteiger partial charge in [-0.2, -0.15) is 0 Å². The number of carbonyl (C=O) groups excluding carboxylic acids is 1. The average Bonchev–Trinajstić information content (AvgIpc) is 2.43. The van der Waals surface area contributed by atoms with Crippen molar-refractivity contribution in [1.29, 1.82) is 0 Å². The maximum Gasteiger partial charge on any atom is 0.225 e. The van der Waals surface area contributed by atoms with Crippen molar-refractivity contribution in [2.24, 2.45) is 0 Å². The Morgan fingerprint density at radius 2 is 2.10 bits per heavy atom. The van der Waals surface area contributed by atoms with E-state index in [1.165, 1.54) is 0 Å². The van der Waals surface area contributed by atoms with Crippen molar-refractivity contribution in [2.45, 2.75) is 32.6 Å². The fourth-order valence-corrected chi connectivity index (χ4v) is 2.09. The molecule has 0 unspecified atom stereocenters. The summed E-state index contributed by atoms with van der Waals surface area (Å²) in [6.07, 6.45) is 3.51. The van der Waals surface area contributed by atoms with Gasteiger partial charge in [-0.3, -0.25) is 4.79 Å². The lowest BCUT2D eigenvalue weighted by Gasteiger charge is -2.17. The SMILES string of the molecule is Cc1cccc(OCCC(=O)N(C)CCCCCCl)c1. The quantitative estimate of drug-likeness (QED) is 0.514. The molecule has 0 radical (unpaired) electrons. The second-order valence-electron chi connectivity index (χ2n) is 4.98. The standard InChI is InChI=1S/C16H24ClNO2/c1-14-7-6-8-15(13-14)20-12-9-16(19)18(2)11-5-3-4-10-17/h6-8,13H,3-5,9-12H2,1-2H3. The van der Waals surface area contributed by atoms with Gasteiger partial charge >= 0.3 is 0 Å². The van der Waals surface area contributed by atoms with E-state index in [-0.39, 0.29) is 5.91 Å². The first-order valence-corrected chi connectivity index (χ1v) is 7.66. The van der Waals surface area contributed by atoms with Crippen LogP contribution in [0.5, 0.6) is 5.75 Å². The highest BCUT2D eigenvalue weighted by Crippen LogP contribution is 2.12. The molecule has 4 heteroatoms. The van der Waals surface area contributed by atoms with Crippen LogP contribution in [0.4, 0.5) is 0 Å². The van der Waals surface area contributed by atoms with Crippen LogP contribution in [0, 0.1) is 6.92 Å². The van der Waals surface area contributed by atoms with Gasteiger partial charge in [0.05, 0.1) is 13.0 Å². The Labute approximate surface area is 126 Å². The highest BCUT2D eigenvalue weighted by Gasteiger charge is 2.08. The summed E-state index contributed by atoms with van der Waals surface area (Å²) in [7, 11) is 1.84. The summed E-state index contributed by atoms with van der Waals surface area (Å²) in [6.45, 7) is 3.24. The monoisotopic (exact) mass is 297 g/mol. The normalized spacial score (nSPS) is 10.3. The van der Waals surface area contributed by atoms with Crippen LogP contribution in [0.3, 0.4) is 0 Å². The molecule has 0 aromatic heterocycles.